The van der Waals surface area contributed by atoms with E-state index >= 15 is 0 Å². The van der Waals surface area contributed by atoms with Gasteiger partial charge < -0.3 is 10.2 Å². The van der Waals surface area contributed by atoms with Crippen molar-refractivity contribution in [3.63, 3.8) is 0 Å². The Kier molecular flexibility index (Phi) is 3.64. The molecule has 1 heterocycles. The fourth-order valence-corrected chi connectivity index (χ4v) is 3.07. The molecule has 0 fully saturated rings. The van der Waals surface area contributed by atoms with E-state index in [1.54, 1.807) is 0 Å². The summed E-state index contributed by atoms with van der Waals surface area (Å²) in [4.78, 5) is 2.47. The summed E-state index contributed by atoms with van der Waals surface area (Å²) < 4.78 is 0. The Labute approximate surface area is 121 Å². The summed E-state index contributed by atoms with van der Waals surface area (Å²) in [5.41, 5.74) is 5.45. The van der Waals surface area contributed by atoms with Crippen LogP contribution in [-0.4, -0.2) is 19.1 Å². The molecule has 3 rings (SSSR count). The second-order valence-corrected chi connectivity index (χ2v) is 5.53. The van der Waals surface area contributed by atoms with Crippen molar-refractivity contribution >= 4 is 11.4 Å². The molecular formula is C18H22N2. The lowest BCUT2D eigenvalue weighted by Crippen LogP contribution is -2.36. The van der Waals surface area contributed by atoms with E-state index in [4.69, 9.17) is 0 Å². The first-order valence-corrected chi connectivity index (χ1v) is 7.43. The lowest BCUT2D eigenvalue weighted by molar-refractivity contribution is 0.695. The molecule has 0 aliphatic carbocycles. The van der Waals surface area contributed by atoms with Crippen molar-refractivity contribution < 1.29 is 0 Å². The number of benzene rings is 2. The van der Waals surface area contributed by atoms with Gasteiger partial charge >= 0.3 is 0 Å². The third kappa shape index (κ3) is 2.51. The first-order chi connectivity index (χ1) is 9.78. The largest absolute Gasteiger partial charge is 0.380 e. The summed E-state index contributed by atoms with van der Waals surface area (Å²) >= 11 is 0. The molecule has 0 saturated heterocycles. The van der Waals surface area contributed by atoms with Gasteiger partial charge in [0.2, 0.25) is 0 Å². The molecule has 2 aromatic rings. The Morgan fingerprint density at radius 2 is 1.85 bits per heavy atom. The normalized spacial score (nSPS) is 16.6. The standard InChI is InChI=1S/C18H22N2/c1-3-20(18-11-7-4-8-14(18)2)13-16-12-15-9-5-6-10-17(15)19-16/h4-11,16,19H,3,12-13H2,1-2H3. The van der Waals surface area contributed by atoms with Gasteiger partial charge in [-0.15, -0.1) is 0 Å². The number of nitrogens with zero attached hydrogens (tertiary/aromatic N) is 1. The Morgan fingerprint density at radius 3 is 2.60 bits per heavy atom. The molecule has 1 aliphatic rings. The van der Waals surface area contributed by atoms with E-state index in [0.717, 1.165) is 19.5 Å². The van der Waals surface area contributed by atoms with Crippen LogP contribution in [0.3, 0.4) is 0 Å². The molecule has 1 atom stereocenters. The molecule has 0 spiro atoms. The van der Waals surface area contributed by atoms with Crippen molar-refractivity contribution in [1.82, 2.24) is 0 Å². The van der Waals surface area contributed by atoms with E-state index in [-0.39, 0.29) is 0 Å². The molecule has 104 valence electrons. The summed E-state index contributed by atoms with van der Waals surface area (Å²) in [6, 6.07) is 17.8. The molecule has 0 aromatic heterocycles. The number of para-hydroxylation sites is 2. The van der Waals surface area contributed by atoms with Gasteiger partial charge in [0.25, 0.3) is 0 Å². The number of aryl methyl sites for hydroxylation is 1. The summed E-state index contributed by atoms with van der Waals surface area (Å²) in [7, 11) is 0. The van der Waals surface area contributed by atoms with Gasteiger partial charge in [-0.3, -0.25) is 0 Å². The highest BCUT2D eigenvalue weighted by atomic mass is 15.2. The van der Waals surface area contributed by atoms with E-state index in [1.165, 1.54) is 22.5 Å². The maximum atomic E-state index is 3.65. The molecule has 0 saturated carbocycles. The zero-order valence-corrected chi connectivity index (χ0v) is 12.3. The van der Waals surface area contributed by atoms with Crippen molar-refractivity contribution in [3.8, 4) is 0 Å². The van der Waals surface area contributed by atoms with E-state index in [2.05, 4.69) is 72.6 Å². The number of nitrogens with one attached hydrogen (secondary N) is 1. The molecule has 2 nitrogen and oxygen atoms in total. The van der Waals surface area contributed by atoms with Crippen LogP contribution in [0.2, 0.25) is 0 Å². The van der Waals surface area contributed by atoms with E-state index < -0.39 is 0 Å². The molecule has 20 heavy (non-hydrogen) atoms. The average molecular weight is 266 g/mol. The molecule has 1 unspecified atom stereocenters. The number of hydrogen-bond donors (Lipinski definition) is 1. The minimum Gasteiger partial charge on any atom is -0.380 e. The summed E-state index contributed by atoms with van der Waals surface area (Å²) in [6.07, 6.45) is 1.12. The SMILES string of the molecule is CCN(CC1Cc2ccccc2N1)c1ccccc1C. The predicted molar refractivity (Wildman–Crippen MR) is 86.6 cm³/mol. The molecule has 0 radical (unpaired) electrons. The van der Waals surface area contributed by atoms with Gasteiger partial charge in [0.15, 0.2) is 0 Å². The van der Waals surface area contributed by atoms with Gasteiger partial charge in [-0.2, -0.15) is 0 Å². The Bertz CT molecular complexity index is 566. The Balaban J connectivity index is 1.73. The van der Waals surface area contributed by atoms with Crippen LogP contribution in [0.1, 0.15) is 18.1 Å². The lowest BCUT2D eigenvalue weighted by Gasteiger charge is -2.28. The van der Waals surface area contributed by atoms with Gasteiger partial charge in [0, 0.05) is 30.5 Å². The van der Waals surface area contributed by atoms with Crippen molar-refractivity contribution in [2.75, 3.05) is 23.3 Å². The zero-order valence-electron chi connectivity index (χ0n) is 12.3. The third-order valence-electron chi connectivity index (χ3n) is 4.12. The van der Waals surface area contributed by atoms with Crippen molar-refractivity contribution in [1.29, 1.82) is 0 Å². The third-order valence-corrected chi connectivity index (χ3v) is 4.12. The second-order valence-electron chi connectivity index (χ2n) is 5.53. The van der Waals surface area contributed by atoms with Crippen molar-refractivity contribution in [3.05, 3.63) is 59.7 Å². The highest BCUT2D eigenvalue weighted by molar-refractivity contribution is 5.58. The number of hydrogen-bond acceptors (Lipinski definition) is 2. The highest BCUT2D eigenvalue weighted by Gasteiger charge is 2.22. The molecule has 1 aliphatic heterocycles. The monoisotopic (exact) mass is 266 g/mol. The maximum absolute atomic E-state index is 3.65. The van der Waals surface area contributed by atoms with Crippen LogP contribution < -0.4 is 10.2 Å². The minimum absolute atomic E-state index is 0.506. The van der Waals surface area contributed by atoms with Crippen molar-refractivity contribution in [2.24, 2.45) is 0 Å². The summed E-state index contributed by atoms with van der Waals surface area (Å²) in [5.74, 6) is 0. The predicted octanol–water partition coefficient (Wildman–Crippen LogP) is 3.86. The van der Waals surface area contributed by atoms with E-state index in [1.807, 2.05) is 0 Å². The Morgan fingerprint density at radius 1 is 1.10 bits per heavy atom. The first-order valence-electron chi connectivity index (χ1n) is 7.43. The first kappa shape index (κ1) is 13.0. The summed E-state index contributed by atoms with van der Waals surface area (Å²) in [5, 5.41) is 3.65. The highest BCUT2D eigenvalue weighted by Crippen LogP contribution is 2.27. The smallest absolute Gasteiger partial charge is 0.0477 e. The number of rotatable bonds is 4. The fourth-order valence-electron chi connectivity index (χ4n) is 3.07. The maximum Gasteiger partial charge on any atom is 0.0477 e. The molecule has 0 bridgehead atoms. The lowest BCUT2D eigenvalue weighted by atomic mass is 10.1. The molecule has 2 aromatic carbocycles. The van der Waals surface area contributed by atoms with E-state index in [9.17, 15) is 0 Å². The van der Waals surface area contributed by atoms with Crippen molar-refractivity contribution in [2.45, 2.75) is 26.3 Å². The van der Waals surface area contributed by atoms with Crippen LogP contribution in [-0.2, 0) is 6.42 Å². The average Bonchev–Trinajstić information content (AvgIpc) is 2.88. The molecule has 0 amide bonds. The van der Waals surface area contributed by atoms with Crippen LogP contribution in [0.25, 0.3) is 0 Å². The van der Waals surface area contributed by atoms with Crippen LogP contribution in [0.5, 0.6) is 0 Å². The topological polar surface area (TPSA) is 15.3 Å². The van der Waals surface area contributed by atoms with Gasteiger partial charge in [-0.05, 0) is 43.5 Å². The Hall–Kier alpha value is -1.96. The van der Waals surface area contributed by atoms with Crippen LogP contribution in [0.15, 0.2) is 48.5 Å². The number of likely N-dealkylation sites (N-methyl/N-ethyl adjacent to an activating group) is 1. The van der Waals surface area contributed by atoms with Crippen LogP contribution >= 0.6 is 0 Å². The molecule has 2 heteroatoms. The quantitative estimate of drug-likeness (QED) is 0.904. The zero-order chi connectivity index (χ0) is 13.9. The molecule has 1 N–H and O–H groups in total. The van der Waals surface area contributed by atoms with Gasteiger partial charge in [-0.25, -0.2) is 0 Å². The summed E-state index contributed by atoms with van der Waals surface area (Å²) in [6.45, 7) is 6.51. The number of fused-ring (bicyclic) bond motifs is 1. The van der Waals surface area contributed by atoms with Gasteiger partial charge in [0.05, 0.1) is 0 Å². The fraction of sp³-hybridized carbons (Fsp3) is 0.333. The van der Waals surface area contributed by atoms with Gasteiger partial charge in [-0.1, -0.05) is 36.4 Å². The van der Waals surface area contributed by atoms with Gasteiger partial charge in [0.1, 0.15) is 0 Å². The minimum atomic E-state index is 0.506. The van der Waals surface area contributed by atoms with Crippen LogP contribution in [0, 0.1) is 6.92 Å². The van der Waals surface area contributed by atoms with Crippen LogP contribution in [0.4, 0.5) is 11.4 Å². The van der Waals surface area contributed by atoms with E-state index in [0.29, 0.717) is 6.04 Å². The number of anilines is 2. The molecular weight excluding hydrogens is 244 g/mol. The second kappa shape index (κ2) is 5.58.